The number of para-hydroxylation sites is 1. The Morgan fingerprint density at radius 1 is 1.17 bits per heavy atom. The summed E-state index contributed by atoms with van der Waals surface area (Å²) in [5.74, 6) is -0.375. The highest BCUT2D eigenvalue weighted by Crippen LogP contribution is 2.21. The van der Waals surface area contributed by atoms with E-state index in [0.29, 0.717) is 17.5 Å². The number of aliphatic hydroxyl groups excluding tert-OH is 1. The molecule has 0 spiro atoms. The molecule has 23 heavy (non-hydrogen) atoms. The van der Waals surface area contributed by atoms with E-state index < -0.39 is 12.9 Å². The van der Waals surface area contributed by atoms with Crippen molar-refractivity contribution in [3.05, 3.63) is 36.0 Å². The van der Waals surface area contributed by atoms with Gasteiger partial charge in [0.15, 0.2) is 0 Å². The number of esters is 1. The SMILES string of the molecule is CCCCCC(=O)OCOC(=O)n1cc(CO)c2ccccc21. The van der Waals surface area contributed by atoms with Gasteiger partial charge in [0.05, 0.1) is 12.1 Å². The molecule has 0 unspecified atom stereocenters. The molecule has 2 rings (SSSR count). The number of nitrogens with zero attached hydrogens (tertiary/aromatic N) is 1. The topological polar surface area (TPSA) is 77.8 Å². The van der Waals surface area contributed by atoms with Crippen LogP contribution in [0.2, 0.25) is 0 Å². The number of unbranched alkanes of at least 4 members (excludes halogenated alkanes) is 2. The fourth-order valence-corrected chi connectivity index (χ4v) is 2.33. The Balaban J connectivity index is 1.93. The summed E-state index contributed by atoms with van der Waals surface area (Å²) < 4.78 is 11.1. The average Bonchev–Trinajstić information content (AvgIpc) is 2.94. The molecule has 0 aliphatic heterocycles. The number of aliphatic hydroxyl groups is 1. The quantitative estimate of drug-likeness (QED) is 0.482. The number of aromatic nitrogens is 1. The number of benzene rings is 1. The van der Waals surface area contributed by atoms with Crippen molar-refractivity contribution in [3.63, 3.8) is 0 Å². The summed E-state index contributed by atoms with van der Waals surface area (Å²) in [5.41, 5.74) is 1.27. The summed E-state index contributed by atoms with van der Waals surface area (Å²) in [6.45, 7) is 1.47. The second kappa shape index (κ2) is 8.33. The van der Waals surface area contributed by atoms with Crippen LogP contribution in [0.25, 0.3) is 10.9 Å². The second-order valence-electron chi connectivity index (χ2n) is 5.20. The molecule has 0 fully saturated rings. The summed E-state index contributed by atoms with van der Waals surface area (Å²) in [6.07, 6.45) is 3.96. The number of fused-ring (bicyclic) bond motifs is 1. The maximum Gasteiger partial charge on any atom is 0.421 e. The summed E-state index contributed by atoms with van der Waals surface area (Å²) >= 11 is 0. The van der Waals surface area contributed by atoms with Gasteiger partial charge in [-0.15, -0.1) is 0 Å². The molecule has 0 aliphatic rings. The number of hydrogen-bond donors (Lipinski definition) is 1. The maximum absolute atomic E-state index is 12.1. The fourth-order valence-electron chi connectivity index (χ4n) is 2.33. The molecule has 0 radical (unpaired) electrons. The van der Waals surface area contributed by atoms with Crippen LogP contribution in [0.3, 0.4) is 0 Å². The number of carbonyl (C=O) groups is 2. The normalized spacial score (nSPS) is 10.7. The van der Waals surface area contributed by atoms with Gasteiger partial charge in [-0.1, -0.05) is 38.0 Å². The molecule has 1 heterocycles. The van der Waals surface area contributed by atoms with E-state index in [0.717, 1.165) is 24.6 Å². The van der Waals surface area contributed by atoms with Crippen molar-refractivity contribution in [2.75, 3.05) is 6.79 Å². The third kappa shape index (κ3) is 4.32. The standard InChI is InChI=1S/C17H21NO5/c1-2-3-4-9-16(20)22-12-23-17(21)18-10-13(11-19)14-7-5-6-8-15(14)18/h5-8,10,19H,2-4,9,11-12H2,1H3. The van der Waals surface area contributed by atoms with Crippen molar-refractivity contribution in [2.24, 2.45) is 0 Å². The summed E-state index contributed by atoms with van der Waals surface area (Å²) in [7, 11) is 0. The van der Waals surface area contributed by atoms with E-state index in [4.69, 9.17) is 9.47 Å². The monoisotopic (exact) mass is 319 g/mol. The molecule has 1 N–H and O–H groups in total. The van der Waals surface area contributed by atoms with Crippen LogP contribution in [-0.2, 0) is 20.9 Å². The Bertz CT molecular complexity index is 677. The van der Waals surface area contributed by atoms with E-state index in [2.05, 4.69) is 6.92 Å². The van der Waals surface area contributed by atoms with Gasteiger partial charge in [0.2, 0.25) is 6.79 Å². The Hall–Kier alpha value is -2.34. The molecule has 1 aromatic carbocycles. The number of rotatable bonds is 7. The molecule has 0 bridgehead atoms. The number of hydrogen-bond acceptors (Lipinski definition) is 5. The lowest BCUT2D eigenvalue weighted by Crippen LogP contribution is -2.17. The van der Waals surface area contributed by atoms with E-state index in [1.54, 1.807) is 12.1 Å². The van der Waals surface area contributed by atoms with Crippen LogP contribution >= 0.6 is 0 Å². The highest BCUT2D eigenvalue weighted by molar-refractivity contribution is 5.91. The first-order chi connectivity index (χ1) is 11.2. The number of carbonyl (C=O) groups excluding carboxylic acids is 2. The van der Waals surface area contributed by atoms with Crippen molar-refractivity contribution in [1.82, 2.24) is 4.57 Å². The van der Waals surface area contributed by atoms with Gasteiger partial charge in [0.25, 0.3) is 0 Å². The minimum atomic E-state index is -0.651. The van der Waals surface area contributed by atoms with Gasteiger partial charge in [0, 0.05) is 23.6 Å². The lowest BCUT2D eigenvalue weighted by Gasteiger charge is -2.07. The molecule has 0 saturated carbocycles. The van der Waals surface area contributed by atoms with Gasteiger partial charge in [0.1, 0.15) is 0 Å². The molecule has 6 nitrogen and oxygen atoms in total. The Morgan fingerprint density at radius 3 is 2.70 bits per heavy atom. The van der Waals surface area contributed by atoms with Crippen LogP contribution in [0.5, 0.6) is 0 Å². The van der Waals surface area contributed by atoms with Crippen molar-refractivity contribution in [2.45, 2.75) is 39.2 Å². The summed E-state index contributed by atoms with van der Waals surface area (Å²) in [5, 5.41) is 10.1. The number of ether oxygens (including phenoxy) is 2. The minimum absolute atomic E-state index is 0.173. The van der Waals surface area contributed by atoms with Crippen LogP contribution in [0.15, 0.2) is 30.5 Å². The van der Waals surface area contributed by atoms with Gasteiger partial charge in [-0.3, -0.25) is 9.36 Å². The first-order valence-electron chi connectivity index (χ1n) is 7.70. The maximum atomic E-state index is 12.1. The van der Waals surface area contributed by atoms with Crippen LogP contribution in [-0.4, -0.2) is 28.5 Å². The molecular formula is C17H21NO5. The van der Waals surface area contributed by atoms with Gasteiger partial charge in [-0.2, -0.15) is 0 Å². The Labute approximate surface area is 134 Å². The van der Waals surface area contributed by atoms with Crippen molar-refractivity contribution in [1.29, 1.82) is 0 Å². The lowest BCUT2D eigenvalue weighted by molar-refractivity contribution is -0.151. The fraction of sp³-hybridized carbons (Fsp3) is 0.412. The predicted molar refractivity (Wildman–Crippen MR) is 84.8 cm³/mol. The van der Waals surface area contributed by atoms with E-state index in [1.165, 1.54) is 10.8 Å². The average molecular weight is 319 g/mol. The highest BCUT2D eigenvalue weighted by atomic mass is 16.7. The molecule has 124 valence electrons. The zero-order chi connectivity index (χ0) is 16.7. The molecule has 0 aliphatic carbocycles. The van der Waals surface area contributed by atoms with Crippen LogP contribution < -0.4 is 0 Å². The molecule has 6 heteroatoms. The predicted octanol–water partition coefficient (Wildman–Crippen LogP) is 3.20. The van der Waals surface area contributed by atoms with E-state index >= 15 is 0 Å². The van der Waals surface area contributed by atoms with Gasteiger partial charge >= 0.3 is 12.1 Å². The minimum Gasteiger partial charge on any atom is -0.428 e. The van der Waals surface area contributed by atoms with Gasteiger partial charge in [-0.05, 0) is 12.5 Å². The van der Waals surface area contributed by atoms with Crippen molar-refractivity contribution < 1.29 is 24.2 Å². The largest absolute Gasteiger partial charge is 0.428 e. The van der Waals surface area contributed by atoms with Crippen LogP contribution in [0, 0.1) is 0 Å². The third-order valence-corrected chi connectivity index (χ3v) is 3.55. The summed E-state index contributed by atoms with van der Waals surface area (Å²) in [6, 6.07) is 7.20. The van der Waals surface area contributed by atoms with E-state index in [9.17, 15) is 14.7 Å². The molecule has 2 aromatic rings. The lowest BCUT2D eigenvalue weighted by atomic mass is 10.2. The molecule has 0 amide bonds. The van der Waals surface area contributed by atoms with E-state index in [1.807, 2.05) is 12.1 Å². The zero-order valence-electron chi connectivity index (χ0n) is 13.2. The van der Waals surface area contributed by atoms with Crippen LogP contribution in [0.1, 0.15) is 38.2 Å². The first kappa shape index (κ1) is 17.0. The highest BCUT2D eigenvalue weighted by Gasteiger charge is 2.14. The second-order valence-corrected chi connectivity index (χ2v) is 5.20. The Kier molecular flexibility index (Phi) is 6.17. The summed E-state index contributed by atoms with van der Waals surface area (Å²) in [4.78, 5) is 23.5. The first-order valence-corrected chi connectivity index (χ1v) is 7.70. The molecular weight excluding hydrogens is 298 g/mol. The third-order valence-electron chi connectivity index (χ3n) is 3.55. The van der Waals surface area contributed by atoms with Crippen molar-refractivity contribution in [3.8, 4) is 0 Å². The molecule has 1 aromatic heterocycles. The molecule has 0 saturated heterocycles. The smallest absolute Gasteiger partial charge is 0.421 e. The van der Waals surface area contributed by atoms with Crippen molar-refractivity contribution >= 4 is 23.0 Å². The van der Waals surface area contributed by atoms with Crippen LogP contribution in [0.4, 0.5) is 4.79 Å². The van der Waals surface area contributed by atoms with E-state index in [-0.39, 0.29) is 12.6 Å². The Morgan fingerprint density at radius 2 is 1.96 bits per heavy atom. The molecule has 0 atom stereocenters. The van der Waals surface area contributed by atoms with Gasteiger partial charge < -0.3 is 14.6 Å². The van der Waals surface area contributed by atoms with Gasteiger partial charge in [-0.25, -0.2) is 4.79 Å². The zero-order valence-corrected chi connectivity index (χ0v) is 13.2.